The first-order valence-electron chi connectivity index (χ1n) is 5.87. The van der Waals surface area contributed by atoms with E-state index in [1.165, 1.54) is 6.92 Å². The molecule has 0 bridgehead atoms. The fourth-order valence-electron chi connectivity index (χ4n) is 1.37. The van der Waals surface area contributed by atoms with Gasteiger partial charge in [-0.05, 0) is 19.3 Å². The van der Waals surface area contributed by atoms with E-state index in [2.05, 4.69) is 20.8 Å². The van der Waals surface area contributed by atoms with E-state index in [4.69, 9.17) is 9.47 Å². The Morgan fingerprint density at radius 1 is 1.20 bits per heavy atom. The minimum atomic E-state index is -0.277. The number of carbonyl (C=O) groups is 1. The minimum absolute atomic E-state index is 0.236. The summed E-state index contributed by atoms with van der Waals surface area (Å²) in [5.74, 6) is -0.236. The maximum atomic E-state index is 10.8. The zero-order chi connectivity index (χ0) is 11.7. The van der Waals surface area contributed by atoms with Crippen LogP contribution < -0.4 is 0 Å². The average molecular weight is 216 g/mol. The lowest BCUT2D eigenvalue weighted by Gasteiger charge is -2.31. The van der Waals surface area contributed by atoms with Crippen molar-refractivity contribution >= 4 is 5.97 Å². The highest BCUT2D eigenvalue weighted by Gasteiger charge is 2.28. The van der Waals surface area contributed by atoms with Crippen molar-refractivity contribution in [3.8, 4) is 0 Å². The average Bonchev–Trinajstić information content (AvgIpc) is 2.23. The van der Waals surface area contributed by atoms with Crippen LogP contribution in [-0.2, 0) is 14.3 Å². The molecule has 0 atom stereocenters. The van der Waals surface area contributed by atoms with E-state index in [-0.39, 0.29) is 11.6 Å². The lowest BCUT2D eigenvalue weighted by molar-refractivity contribution is -0.154. The van der Waals surface area contributed by atoms with Gasteiger partial charge in [-0.2, -0.15) is 0 Å². The number of unbranched alkanes of at least 4 members (excludes halogenated alkanes) is 1. The lowest BCUT2D eigenvalue weighted by Crippen LogP contribution is -2.37. The maximum Gasteiger partial charge on any atom is 0.302 e. The van der Waals surface area contributed by atoms with Gasteiger partial charge in [0.2, 0.25) is 0 Å². The molecule has 0 fully saturated rings. The number of hydrogen-bond acceptors (Lipinski definition) is 3. The van der Waals surface area contributed by atoms with Crippen molar-refractivity contribution in [2.45, 2.75) is 59.0 Å². The largest absolute Gasteiger partial charge is 0.463 e. The van der Waals surface area contributed by atoms with E-state index in [0.29, 0.717) is 6.61 Å². The molecule has 0 aliphatic rings. The van der Waals surface area contributed by atoms with Gasteiger partial charge in [-0.15, -0.1) is 0 Å². The normalized spacial score (nSPS) is 11.5. The van der Waals surface area contributed by atoms with Crippen LogP contribution in [0.3, 0.4) is 0 Å². The minimum Gasteiger partial charge on any atom is -0.463 e. The van der Waals surface area contributed by atoms with Crippen LogP contribution >= 0.6 is 0 Å². The molecule has 0 spiro atoms. The summed E-state index contributed by atoms with van der Waals surface area (Å²) in [4.78, 5) is 10.8. The third-order valence-corrected chi connectivity index (χ3v) is 2.73. The van der Waals surface area contributed by atoms with Crippen molar-refractivity contribution in [1.82, 2.24) is 0 Å². The van der Waals surface area contributed by atoms with Crippen LogP contribution in [0.1, 0.15) is 53.4 Å². The van der Waals surface area contributed by atoms with Crippen molar-refractivity contribution in [3.63, 3.8) is 0 Å². The van der Waals surface area contributed by atoms with Crippen LogP contribution in [0, 0.1) is 0 Å². The topological polar surface area (TPSA) is 35.5 Å². The van der Waals surface area contributed by atoms with E-state index < -0.39 is 0 Å². The predicted octanol–water partition coefficient (Wildman–Crippen LogP) is 2.93. The monoisotopic (exact) mass is 216 g/mol. The Morgan fingerprint density at radius 3 is 2.20 bits per heavy atom. The van der Waals surface area contributed by atoms with Crippen LogP contribution in [0.5, 0.6) is 0 Å². The van der Waals surface area contributed by atoms with E-state index in [9.17, 15) is 4.79 Å². The Balaban J connectivity index is 4.10. The summed E-state index contributed by atoms with van der Waals surface area (Å²) in [5.41, 5.74) is -0.277. The molecule has 3 heteroatoms. The molecule has 0 aliphatic heterocycles. The van der Waals surface area contributed by atoms with Gasteiger partial charge < -0.3 is 9.47 Å². The molecule has 0 saturated carbocycles. The standard InChI is InChI=1S/C12H24O3/c1-5-8-9-15-12(6-2,7-3)10-14-11(4)13/h5-10H2,1-4H3. The van der Waals surface area contributed by atoms with Crippen LogP contribution in [0.4, 0.5) is 0 Å². The first-order chi connectivity index (χ1) is 7.10. The predicted molar refractivity (Wildman–Crippen MR) is 60.8 cm³/mol. The number of ether oxygens (including phenoxy) is 2. The van der Waals surface area contributed by atoms with Gasteiger partial charge in [0.25, 0.3) is 0 Å². The second-order valence-corrected chi connectivity index (χ2v) is 3.87. The molecule has 0 aromatic carbocycles. The number of carbonyl (C=O) groups excluding carboxylic acids is 1. The third kappa shape index (κ3) is 5.78. The van der Waals surface area contributed by atoms with E-state index >= 15 is 0 Å². The molecule has 0 aliphatic carbocycles. The summed E-state index contributed by atoms with van der Waals surface area (Å²) < 4.78 is 10.9. The third-order valence-electron chi connectivity index (χ3n) is 2.73. The van der Waals surface area contributed by atoms with Gasteiger partial charge >= 0.3 is 5.97 Å². The van der Waals surface area contributed by atoms with Crippen molar-refractivity contribution in [1.29, 1.82) is 0 Å². The molecule has 3 nitrogen and oxygen atoms in total. The van der Waals surface area contributed by atoms with Gasteiger partial charge in [-0.1, -0.05) is 27.2 Å². The van der Waals surface area contributed by atoms with Crippen LogP contribution in [0.25, 0.3) is 0 Å². The Kier molecular flexibility index (Phi) is 7.39. The first-order valence-corrected chi connectivity index (χ1v) is 5.87. The van der Waals surface area contributed by atoms with Gasteiger partial charge in [0.1, 0.15) is 12.2 Å². The molecule has 0 amide bonds. The van der Waals surface area contributed by atoms with Gasteiger partial charge in [-0.25, -0.2) is 0 Å². The Morgan fingerprint density at radius 2 is 1.80 bits per heavy atom. The summed E-state index contributed by atoms with van der Waals surface area (Å²) in [7, 11) is 0. The molecule has 0 rings (SSSR count). The zero-order valence-electron chi connectivity index (χ0n) is 10.5. The Hall–Kier alpha value is -0.570. The fourth-order valence-corrected chi connectivity index (χ4v) is 1.37. The van der Waals surface area contributed by atoms with Crippen molar-refractivity contribution in [3.05, 3.63) is 0 Å². The highest BCUT2D eigenvalue weighted by Crippen LogP contribution is 2.21. The number of esters is 1. The van der Waals surface area contributed by atoms with E-state index in [1.54, 1.807) is 0 Å². The summed E-state index contributed by atoms with van der Waals surface area (Å²) in [6.07, 6.45) is 3.93. The van der Waals surface area contributed by atoms with Crippen molar-refractivity contribution in [2.24, 2.45) is 0 Å². The molecule has 0 saturated heterocycles. The van der Waals surface area contributed by atoms with Crippen LogP contribution in [0.2, 0.25) is 0 Å². The van der Waals surface area contributed by atoms with Gasteiger partial charge in [0, 0.05) is 13.5 Å². The van der Waals surface area contributed by atoms with E-state index in [1.807, 2.05) is 0 Å². The highest BCUT2D eigenvalue weighted by molar-refractivity contribution is 5.65. The fraction of sp³-hybridized carbons (Fsp3) is 0.917. The second-order valence-electron chi connectivity index (χ2n) is 3.87. The molecular weight excluding hydrogens is 192 g/mol. The summed E-state index contributed by atoms with van der Waals surface area (Å²) >= 11 is 0. The van der Waals surface area contributed by atoms with Gasteiger partial charge in [0.15, 0.2) is 0 Å². The number of hydrogen-bond donors (Lipinski definition) is 0. The number of rotatable bonds is 8. The Bertz CT molecular complexity index is 174. The smallest absolute Gasteiger partial charge is 0.302 e. The molecule has 90 valence electrons. The quantitative estimate of drug-likeness (QED) is 0.462. The molecule has 15 heavy (non-hydrogen) atoms. The van der Waals surface area contributed by atoms with Crippen LogP contribution in [-0.4, -0.2) is 24.8 Å². The first kappa shape index (κ1) is 14.4. The Labute approximate surface area is 93.1 Å². The lowest BCUT2D eigenvalue weighted by atomic mass is 9.98. The molecule has 0 unspecified atom stereocenters. The molecule has 0 radical (unpaired) electrons. The molecule has 0 aromatic heterocycles. The van der Waals surface area contributed by atoms with E-state index in [0.717, 1.165) is 32.3 Å². The van der Waals surface area contributed by atoms with Gasteiger partial charge in [0.05, 0.1) is 0 Å². The summed E-state index contributed by atoms with van der Waals surface area (Å²) in [6.45, 7) is 8.83. The zero-order valence-corrected chi connectivity index (χ0v) is 10.5. The van der Waals surface area contributed by atoms with Crippen LogP contribution in [0.15, 0.2) is 0 Å². The molecule has 0 aromatic rings. The van der Waals surface area contributed by atoms with Crippen molar-refractivity contribution in [2.75, 3.05) is 13.2 Å². The second kappa shape index (κ2) is 7.69. The van der Waals surface area contributed by atoms with Crippen molar-refractivity contribution < 1.29 is 14.3 Å². The summed E-state index contributed by atoms with van der Waals surface area (Å²) in [6, 6.07) is 0. The maximum absolute atomic E-state index is 10.8. The SMILES string of the molecule is CCCCOC(CC)(CC)COC(C)=O. The molecular formula is C12H24O3. The molecule has 0 heterocycles. The van der Waals surface area contributed by atoms with Gasteiger partial charge in [-0.3, -0.25) is 4.79 Å². The molecule has 0 N–H and O–H groups in total. The highest BCUT2D eigenvalue weighted by atomic mass is 16.6. The summed E-state index contributed by atoms with van der Waals surface area (Å²) in [5, 5.41) is 0.